The summed E-state index contributed by atoms with van der Waals surface area (Å²) in [5, 5.41) is 11.7. The highest BCUT2D eigenvalue weighted by atomic mass is 35.5. The highest BCUT2D eigenvalue weighted by Gasteiger charge is 2.17. The molecule has 0 radical (unpaired) electrons. The Morgan fingerprint density at radius 1 is 0.933 bits per heavy atom. The van der Waals surface area contributed by atoms with Crippen molar-refractivity contribution in [1.29, 1.82) is 0 Å². The van der Waals surface area contributed by atoms with E-state index in [9.17, 15) is 9.90 Å². The number of aromatic carboxylic acids is 1. The Morgan fingerprint density at radius 2 is 1.73 bits per heavy atom. The van der Waals surface area contributed by atoms with Gasteiger partial charge in [-0.1, -0.05) is 38.4 Å². The molecule has 0 aliphatic rings. The molecule has 0 saturated carbocycles. The molecule has 0 atom stereocenters. The van der Waals surface area contributed by atoms with Gasteiger partial charge in [0.2, 0.25) is 0 Å². The lowest BCUT2D eigenvalue weighted by Gasteiger charge is -2.19. The number of benzene rings is 2. The first-order chi connectivity index (χ1) is 14.2. The van der Waals surface area contributed by atoms with Crippen LogP contribution in [0.4, 0.5) is 0 Å². The smallest absolute Gasteiger partial charge is 0.335 e. The van der Waals surface area contributed by atoms with Crippen molar-refractivity contribution in [2.75, 3.05) is 0 Å². The van der Waals surface area contributed by atoms with Gasteiger partial charge in [0.05, 0.1) is 5.56 Å². The molecule has 4 rings (SSSR count). The van der Waals surface area contributed by atoms with Crippen molar-refractivity contribution in [2.45, 2.75) is 26.2 Å². The van der Waals surface area contributed by atoms with Crippen molar-refractivity contribution in [2.24, 2.45) is 0 Å². The second-order valence-corrected chi connectivity index (χ2v) is 8.71. The molecule has 0 fully saturated rings. The molecule has 0 amide bonds. The van der Waals surface area contributed by atoms with Gasteiger partial charge in [0.1, 0.15) is 0 Å². The molecule has 0 unspecified atom stereocenters. The van der Waals surface area contributed by atoms with E-state index in [0.29, 0.717) is 5.02 Å². The Bertz CT molecular complexity index is 1280. The molecule has 0 bridgehead atoms. The van der Waals surface area contributed by atoms with Crippen LogP contribution in [0.25, 0.3) is 33.0 Å². The quantitative estimate of drug-likeness (QED) is 0.408. The Balaban J connectivity index is 1.95. The molecule has 0 aliphatic heterocycles. The van der Waals surface area contributed by atoms with Crippen molar-refractivity contribution in [3.05, 3.63) is 83.4 Å². The molecule has 150 valence electrons. The number of carbonyl (C=O) groups is 1. The van der Waals surface area contributed by atoms with Crippen LogP contribution in [0.15, 0.2) is 67.1 Å². The summed E-state index contributed by atoms with van der Waals surface area (Å²) < 4.78 is 0. The van der Waals surface area contributed by atoms with Gasteiger partial charge in [0.15, 0.2) is 0 Å². The van der Waals surface area contributed by atoms with Crippen molar-refractivity contribution >= 4 is 28.3 Å². The molecular weight excluding hydrogens is 396 g/mol. The number of hydrogen-bond acceptors (Lipinski definition) is 3. The van der Waals surface area contributed by atoms with Crippen LogP contribution in [0.3, 0.4) is 0 Å². The largest absolute Gasteiger partial charge is 0.478 e. The summed E-state index contributed by atoms with van der Waals surface area (Å²) in [6.07, 6.45) is 5.45. The van der Waals surface area contributed by atoms with E-state index < -0.39 is 5.97 Å². The summed E-state index contributed by atoms with van der Waals surface area (Å²) in [7, 11) is 0. The standard InChI is InChI=1S/C25H21ClN2O2/c1-25(2,3)23-13-15(6-9-28-23)21-11-17(10-18-14-27-8-7-19(18)21)20-5-4-16(24(29)30)12-22(20)26/h4-14H,1-3H3,(H,29,30). The molecule has 2 aromatic heterocycles. The van der Waals surface area contributed by atoms with Gasteiger partial charge in [-0.3, -0.25) is 9.97 Å². The molecule has 2 heterocycles. The average Bonchev–Trinajstić information content (AvgIpc) is 2.72. The number of hydrogen-bond donors (Lipinski definition) is 1. The maximum absolute atomic E-state index is 11.3. The number of carboxylic acid groups (broad SMARTS) is 1. The molecule has 0 spiro atoms. The predicted molar refractivity (Wildman–Crippen MR) is 121 cm³/mol. The van der Waals surface area contributed by atoms with E-state index in [1.54, 1.807) is 18.3 Å². The van der Waals surface area contributed by atoms with Crippen molar-refractivity contribution in [3.63, 3.8) is 0 Å². The molecular formula is C25H21ClN2O2. The number of halogens is 1. The number of pyridine rings is 2. The summed E-state index contributed by atoms with van der Waals surface area (Å²) in [6, 6.07) is 15.0. The fourth-order valence-corrected chi connectivity index (χ4v) is 3.78. The molecule has 5 heteroatoms. The van der Waals surface area contributed by atoms with E-state index >= 15 is 0 Å². The van der Waals surface area contributed by atoms with Gasteiger partial charge >= 0.3 is 5.97 Å². The third-order valence-corrected chi connectivity index (χ3v) is 5.43. The topological polar surface area (TPSA) is 63.1 Å². The van der Waals surface area contributed by atoms with Crippen molar-refractivity contribution in [1.82, 2.24) is 9.97 Å². The Labute approximate surface area is 180 Å². The fourth-order valence-electron chi connectivity index (χ4n) is 3.49. The van der Waals surface area contributed by atoms with Gasteiger partial charge in [-0.25, -0.2) is 4.79 Å². The van der Waals surface area contributed by atoms with Gasteiger partial charge in [-0.2, -0.15) is 0 Å². The minimum Gasteiger partial charge on any atom is -0.478 e. The summed E-state index contributed by atoms with van der Waals surface area (Å²) >= 11 is 6.45. The molecule has 30 heavy (non-hydrogen) atoms. The van der Waals surface area contributed by atoms with Gasteiger partial charge in [0.25, 0.3) is 0 Å². The Morgan fingerprint density at radius 3 is 2.43 bits per heavy atom. The second kappa shape index (κ2) is 7.54. The molecule has 4 aromatic rings. The molecule has 4 nitrogen and oxygen atoms in total. The van der Waals surface area contributed by atoms with Crippen LogP contribution in [-0.2, 0) is 5.41 Å². The van der Waals surface area contributed by atoms with E-state index in [-0.39, 0.29) is 11.0 Å². The van der Waals surface area contributed by atoms with Gasteiger partial charge in [0, 0.05) is 45.7 Å². The highest BCUT2D eigenvalue weighted by molar-refractivity contribution is 6.33. The van der Waals surface area contributed by atoms with E-state index in [4.69, 9.17) is 11.6 Å². The summed E-state index contributed by atoms with van der Waals surface area (Å²) in [6.45, 7) is 6.42. The van der Waals surface area contributed by atoms with Crippen LogP contribution in [-0.4, -0.2) is 21.0 Å². The number of aromatic nitrogens is 2. The Kier molecular flexibility index (Phi) is 5.04. The van der Waals surface area contributed by atoms with Gasteiger partial charge in [-0.15, -0.1) is 0 Å². The minimum atomic E-state index is -1.00. The third-order valence-electron chi connectivity index (χ3n) is 5.12. The zero-order valence-electron chi connectivity index (χ0n) is 17.0. The van der Waals surface area contributed by atoms with Gasteiger partial charge < -0.3 is 5.11 Å². The first-order valence-electron chi connectivity index (χ1n) is 9.62. The fraction of sp³-hybridized carbons (Fsp3) is 0.160. The van der Waals surface area contributed by atoms with Crippen molar-refractivity contribution in [3.8, 4) is 22.3 Å². The lowest BCUT2D eigenvalue weighted by molar-refractivity contribution is 0.0697. The highest BCUT2D eigenvalue weighted by Crippen LogP contribution is 2.37. The maximum atomic E-state index is 11.3. The number of rotatable bonds is 3. The van der Waals surface area contributed by atoms with Crippen LogP contribution in [0.5, 0.6) is 0 Å². The molecule has 2 aromatic carbocycles. The summed E-state index contributed by atoms with van der Waals surface area (Å²) in [5.74, 6) is -1.00. The molecule has 0 aliphatic carbocycles. The van der Waals surface area contributed by atoms with Crippen LogP contribution in [0.1, 0.15) is 36.8 Å². The molecule has 0 saturated heterocycles. The lowest BCUT2D eigenvalue weighted by Crippen LogP contribution is -2.13. The zero-order valence-corrected chi connectivity index (χ0v) is 17.7. The average molecular weight is 417 g/mol. The summed E-state index contributed by atoms with van der Waals surface area (Å²) in [5.41, 5.74) is 4.90. The maximum Gasteiger partial charge on any atom is 0.335 e. The van der Waals surface area contributed by atoms with Crippen LogP contribution < -0.4 is 0 Å². The van der Waals surface area contributed by atoms with Crippen molar-refractivity contribution < 1.29 is 9.90 Å². The number of fused-ring (bicyclic) bond motifs is 1. The summed E-state index contributed by atoms with van der Waals surface area (Å²) in [4.78, 5) is 20.1. The number of nitrogens with zero attached hydrogens (tertiary/aromatic N) is 2. The van der Waals surface area contributed by atoms with Crippen LogP contribution >= 0.6 is 11.6 Å². The van der Waals surface area contributed by atoms with E-state index in [2.05, 4.69) is 42.9 Å². The first-order valence-corrected chi connectivity index (χ1v) is 10.00. The van der Waals surface area contributed by atoms with Crippen LogP contribution in [0.2, 0.25) is 5.02 Å². The SMILES string of the molecule is CC(C)(C)c1cc(-c2cc(-c3ccc(C(=O)O)cc3Cl)cc3cnccc23)ccn1. The third kappa shape index (κ3) is 3.79. The minimum absolute atomic E-state index is 0.0685. The zero-order chi connectivity index (χ0) is 21.5. The van der Waals surface area contributed by atoms with Gasteiger partial charge in [-0.05, 0) is 64.5 Å². The normalized spacial score (nSPS) is 11.6. The Hall–Kier alpha value is -3.24. The lowest BCUT2D eigenvalue weighted by atomic mass is 9.88. The molecule has 1 N–H and O–H groups in total. The first kappa shape index (κ1) is 20.0. The van der Waals surface area contributed by atoms with Crippen LogP contribution in [0, 0.1) is 0 Å². The van der Waals surface area contributed by atoms with E-state index in [0.717, 1.165) is 38.7 Å². The number of carboxylic acids is 1. The second-order valence-electron chi connectivity index (χ2n) is 8.30. The van der Waals surface area contributed by atoms with E-state index in [1.165, 1.54) is 6.07 Å². The predicted octanol–water partition coefficient (Wildman–Crippen LogP) is 6.61. The monoisotopic (exact) mass is 416 g/mol. The van der Waals surface area contributed by atoms with E-state index in [1.807, 2.05) is 30.6 Å².